The van der Waals surface area contributed by atoms with Gasteiger partial charge in [-0.2, -0.15) is 0 Å². The Morgan fingerprint density at radius 3 is 2.81 bits per heavy atom. The number of benzene rings is 1. The Kier molecular flexibility index (Phi) is 5.67. The molecule has 0 N–H and O–H groups in total. The standard InChI is InChI=1S/C23H21BrN4O4/c1-29-11-17-4-3-15(8-25-17)21-12-31-20-6-14(5-19(30-2)22(20)32-21)10-28-13-27-18-7-16(24)9-26-23(18)28/h3-9,13,21H,10-12H2,1-2H3. The van der Waals surface area contributed by atoms with Crippen LogP contribution in [0.4, 0.5) is 0 Å². The third-order valence-electron chi connectivity index (χ3n) is 5.24. The third-order valence-corrected chi connectivity index (χ3v) is 5.67. The van der Waals surface area contributed by atoms with Gasteiger partial charge in [-0.25, -0.2) is 9.97 Å². The molecule has 0 bridgehead atoms. The number of fused-ring (bicyclic) bond motifs is 2. The van der Waals surface area contributed by atoms with Crippen molar-refractivity contribution in [3.63, 3.8) is 0 Å². The molecule has 5 rings (SSSR count). The lowest BCUT2D eigenvalue weighted by Crippen LogP contribution is -2.22. The number of methoxy groups -OCH3 is 2. The van der Waals surface area contributed by atoms with Crippen LogP contribution in [0, 0.1) is 0 Å². The summed E-state index contributed by atoms with van der Waals surface area (Å²) in [4.78, 5) is 13.3. The highest BCUT2D eigenvalue weighted by Gasteiger charge is 2.27. The van der Waals surface area contributed by atoms with Gasteiger partial charge in [0.25, 0.3) is 0 Å². The molecule has 0 spiro atoms. The number of hydrogen-bond donors (Lipinski definition) is 0. The van der Waals surface area contributed by atoms with Gasteiger partial charge in [-0.15, -0.1) is 0 Å². The highest BCUT2D eigenvalue weighted by molar-refractivity contribution is 9.10. The van der Waals surface area contributed by atoms with E-state index in [1.165, 1.54) is 0 Å². The molecule has 1 aliphatic rings. The Balaban J connectivity index is 1.40. The Morgan fingerprint density at radius 2 is 2.03 bits per heavy atom. The van der Waals surface area contributed by atoms with Crippen molar-refractivity contribution in [1.29, 1.82) is 0 Å². The topological polar surface area (TPSA) is 80.5 Å². The molecule has 0 radical (unpaired) electrons. The second-order valence-electron chi connectivity index (χ2n) is 7.43. The molecular formula is C23H21BrN4O4. The molecule has 0 amide bonds. The van der Waals surface area contributed by atoms with E-state index in [0.29, 0.717) is 37.0 Å². The summed E-state index contributed by atoms with van der Waals surface area (Å²) in [6.07, 6.45) is 5.07. The first kappa shape index (κ1) is 20.7. The number of halogens is 1. The smallest absolute Gasteiger partial charge is 0.204 e. The Hall–Kier alpha value is -3.17. The zero-order valence-electron chi connectivity index (χ0n) is 17.6. The molecule has 4 aromatic rings. The van der Waals surface area contributed by atoms with Gasteiger partial charge >= 0.3 is 0 Å². The minimum absolute atomic E-state index is 0.272. The van der Waals surface area contributed by atoms with Crippen molar-refractivity contribution < 1.29 is 18.9 Å². The van der Waals surface area contributed by atoms with E-state index in [0.717, 1.165) is 32.5 Å². The molecule has 0 aliphatic carbocycles. The van der Waals surface area contributed by atoms with Crippen molar-refractivity contribution in [3.05, 3.63) is 70.3 Å². The van der Waals surface area contributed by atoms with Gasteiger partial charge in [-0.3, -0.25) is 4.98 Å². The van der Waals surface area contributed by atoms with Crippen molar-refractivity contribution in [3.8, 4) is 17.2 Å². The second kappa shape index (κ2) is 8.76. The monoisotopic (exact) mass is 496 g/mol. The minimum atomic E-state index is -0.272. The maximum atomic E-state index is 6.26. The van der Waals surface area contributed by atoms with Gasteiger partial charge in [0.05, 0.1) is 32.3 Å². The van der Waals surface area contributed by atoms with Crippen LogP contribution in [0.25, 0.3) is 11.2 Å². The van der Waals surface area contributed by atoms with Crippen LogP contribution in [-0.4, -0.2) is 40.3 Å². The average Bonchev–Trinajstić information content (AvgIpc) is 3.20. The fraction of sp³-hybridized carbons (Fsp3) is 0.261. The van der Waals surface area contributed by atoms with Crippen LogP contribution in [0.2, 0.25) is 0 Å². The quantitative estimate of drug-likeness (QED) is 0.393. The van der Waals surface area contributed by atoms with Gasteiger partial charge in [0.15, 0.2) is 23.3 Å². The summed E-state index contributed by atoms with van der Waals surface area (Å²) < 4.78 is 26.0. The zero-order valence-corrected chi connectivity index (χ0v) is 19.2. The van der Waals surface area contributed by atoms with Crippen LogP contribution in [0.5, 0.6) is 17.2 Å². The van der Waals surface area contributed by atoms with Crippen molar-refractivity contribution in [2.24, 2.45) is 0 Å². The third kappa shape index (κ3) is 4.01. The minimum Gasteiger partial charge on any atom is -0.493 e. The fourth-order valence-electron chi connectivity index (χ4n) is 3.70. The zero-order chi connectivity index (χ0) is 22.1. The van der Waals surface area contributed by atoms with Crippen molar-refractivity contribution in [2.75, 3.05) is 20.8 Å². The van der Waals surface area contributed by atoms with Gasteiger partial charge in [0.1, 0.15) is 12.1 Å². The van der Waals surface area contributed by atoms with E-state index in [4.69, 9.17) is 18.9 Å². The molecular weight excluding hydrogens is 476 g/mol. The number of aromatic nitrogens is 4. The average molecular weight is 497 g/mol. The first-order valence-corrected chi connectivity index (χ1v) is 10.8. The number of pyridine rings is 2. The lowest BCUT2D eigenvalue weighted by atomic mass is 10.1. The molecule has 1 atom stereocenters. The summed E-state index contributed by atoms with van der Waals surface area (Å²) in [5.41, 5.74) is 4.44. The van der Waals surface area contributed by atoms with Crippen LogP contribution in [0.15, 0.2) is 53.5 Å². The molecule has 8 nitrogen and oxygen atoms in total. The van der Waals surface area contributed by atoms with Crippen molar-refractivity contribution in [1.82, 2.24) is 19.5 Å². The summed E-state index contributed by atoms with van der Waals surface area (Å²) in [6.45, 7) is 1.43. The summed E-state index contributed by atoms with van der Waals surface area (Å²) >= 11 is 3.43. The molecule has 3 aromatic heterocycles. The molecule has 0 fully saturated rings. The maximum absolute atomic E-state index is 6.26. The van der Waals surface area contributed by atoms with E-state index in [-0.39, 0.29) is 6.10 Å². The molecule has 1 aliphatic heterocycles. The van der Waals surface area contributed by atoms with Gasteiger partial charge in [0.2, 0.25) is 5.75 Å². The largest absolute Gasteiger partial charge is 0.493 e. The first-order chi connectivity index (χ1) is 15.6. The first-order valence-electron chi connectivity index (χ1n) is 10.0. The summed E-state index contributed by atoms with van der Waals surface area (Å²) in [6, 6.07) is 9.78. The molecule has 164 valence electrons. The van der Waals surface area contributed by atoms with Crippen molar-refractivity contribution in [2.45, 2.75) is 19.3 Å². The van der Waals surface area contributed by atoms with Crippen LogP contribution in [0.1, 0.15) is 22.9 Å². The van der Waals surface area contributed by atoms with Crippen LogP contribution < -0.4 is 14.2 Å². The number of rotatable bonds is 6. The molecule has 9 heteroatoms. The number of imidazole rings is 1. The Morgan fingerprint density at radius 1 is 1.12 bits per heavy atom. The highest BCUT2D eigenvalue weighted by atomic mass is 79.9. The van der Waals surface area contributed by atoms with E-state index in [1.54, 1.807) is 32.9 Å². The van der Waals surface area contributed by atoms with Gasteiger partial charge < -0.3 is 23.5 Å². The van der Waals surface area contributed by atoms with Crippen LogP contribution in [0.3, 0.4) is 0 Å². The summed E-state index contributed by atoms with van der Waals surface area (Å²) in [5, 5.41) is 0. The Bertz CT molecular complexity index is 1240. The molecule has 1 unspecified atom stereocenters. The highest BCUT2D eigenvalue weighted by Crippen LogP contribution is 2.44. The fourth-order valence-corrected chi connectivity index (χ4v) is 4.02. The van der Waals surface area contributed by atoms with E-state index < -0.39 is 0 Å². The van der Waals surface area contributed by atoms with E-state index >= 15 is 0 Å². The van der Waals surface area contributed by atoms with E-state index in [9.17, 15) is 0 Å². The van der Waals surface area contributed by atoms with Crippen molar-refractivity contribution >= 4 is 27.1 Å². The van der Waals surface area contributed by atoms with Crippen LogP contribution in [-0.2, 0) is 17.9 Å². The lowest BCUT2D eigenvalue weighted by molar-refractivity contribution is 0.0866. The van der Waals surface area contributed by atoms with E-state index in [1.807, 2.05) is 34.9 Å². The van der Waals surface area contributed by atoms with Crippen LogP contribution >= 0.6 is 15.9 Å². The van der Waals surface area contributed by atoms with Gasteiger partial charge in [0, 0.05) is 29.5 Å². The predicted octanol–water partition coefficient (Wildman–Crippen LogP) is 4.30. The normalized spacial score (nSPS) is 15.2. The molecule has 0 saturated carbocycles. The SMILES string of the molecule is COCc1ccc(C2COc3cc(Cn4cnc5cc(Br)cnc54)cc(OC)c3O2)cn1. The Labute approximate surface area is 193 Å². The van der Waals surface area contributed by atoms with E-state index in [2.05, 4.69) is 30.9 Å². The molecule has 1 aromatic carbocycles. The molecule has 32 heavy (non-hydrogen) atoms. The summed E-state index contributed by atoms with van der Waals surface area (Å²) in [5.74, 6) is 1.86. The van der Waals surface area contributed by atoms with Gasteiger partial charge in [-0.05, 0) is 45.8 Å². The summed E-state index contributed by atoms with van der Waals surface area (Å²) in [7, 11) is 3.27. The number of nitrogens with zero attached hydrogens (tertiary/aromatic N) is 4. The lowest BCUT2D eigenvalue weighted by Gasteiger charge is -2.28. The number of ether oxygens (including phenoxy) is 4. The molecule has 0 saturated heterocycles. The maximum Gasteiger partial charge on any atom is 0.204 e. The van der Waals surface area contributed by atoms with Gasteiger partial charge in [-0.1, -0.05) is 6.07 Å². The molecule has 4 heterocycles. The predicted molar refractivity (Wildman–Crippen MR) is 121 cm³/mol. The number of hydrogen-bond acceptors (Lipinski definition) is 7. The second-order valence-corrected chi connectivity index (χ2v) is 8.34.